The molecule has 35 heavy (non-hydrogen) atoms. The summed E-state index contributed by atoms with van der Waals surface area (Å²) in [5.74, 6) is -0.609. The second-order valence-corrected chi connectivity index (χ2v) is 12.0. The molecule has 1 aliphatic carbocycles. The van der Waals surface area contributed by atoms with E-state index in [0.29, 0.717) is 12.1 Å². The Morgan fingerprint density at radius 3 is 2.20 bits per heavy atom. The molecular formula is C26H34BrN3O4S. The van der Waals surface area contributed by atoms with E-state index in [9.17, 15) is 18.0 Å². The molecule has 1 atom stereocenters. The molecule has 1 unspecified atom stereocenters. The molecule has 1 aliphatic rings. The first-order chi connectivity index (χ1) is 16.6. The Kier molecular flexibility index (Phi) is 9.35. The van der Waals surface area contributed by atoms with Gasteiger partial charge in [0.05, 0.1) is 11.9 Å². The standard InChI is InChI=1S/C26H34BrN3O4S/c1-4-24(26(32)28-22-7-5-6-8-22)29(17-20-11-9-19(2)10-12-20)25(31)18-30(35(3,33)34)23-15-13-21(27)14-16-23/h9-16,22,24H,4-8,17-18H2,1-3H3,(H,28,32). The number of aryl methyl sites for hydroxylation is 1. The van der Waals surface area contributed by atoms with Crippen LogP contribution in [0.4, 0.5) is 5.69 Å². The van der Waals surface area contributed by atoms with Crippen molar-refractivity contribution >= 4 is 43.5 Å². The van der Waals surface area contributed by atoms with Gasteiger partial charge in [-0.05, 0) is 56.0 Å². The first-order valence-electron chi connectivity index (χ1n) is 12.0. The maximum absolute atomic E-state index is 13.7. The molecule has 3 rings (SSSR count). The van der Waals surface area contributed by atoms with Gasteiger partial charge in [0.25, 0.3) is 0 Å². The highest BCUT2D eigenvalue weighted by molar-refractivity contribution is 9.10. The topological polar surface area (TPSA) is 86.8 Å². The molecular weight excluding hydrogens is 530 g/mol. The van der Waals surface area contributed by atoms with Gasteiger partial charge in [-0.2, -0.15) is 0 Å². The van der Waals surface area contributed by atoms with Crippen molar-refractivity contribution in [3.8, 4) is 0 Å². The average molecular weight is 565 g/mol. The van der Waals surface area contributed by atoms with Crippen molar-refractivity contribution in [1.82, 2.24) is 10.2 Å². The van der Waals surface area contributed by atoms with Crippen molar-refractivity contribution in [3.05, 3.63) is 64.1 Å². The minimum atomic E-state index is -3.74. The van der Waals surface area contributed by atoms with E-state index < -0.39 is 22.0 Å². The summed E-state index contributed by atoms with van der Waals surface area (Å²) >= 11 is 3.35. The number of carbonyl (C=O) groups is 2. The Hall–Kier alpha value is -2.39. The van der Waals surface area contributed by atoms with Crippen molar-refractivity contribution in [2.75, 3.05) is 17.1 Å². The third-order valence-electron chi connectivity index (χ3n) is 6.35. The Labute approximate surface area is 217 Å². The summed E-state index contributed by atoms with van der Waals surface area (Å²) in [5.41, 5.74) is 2.37. The lowest BCUT2D eigenvalue weighted by Crippen LogP contribution is -2.53. The van der Waals surface area contributed by atoms with E-state index in [2.05, 4.69) is 21.2 Å². The van der Waals surface area contributed by atoms with E-state index >= 15 is 0 Å². The Balaban J connectivity index is 1.90. The van der Waals surface area contributed by atoms with Crippen molar-refractivity contribution in [2.45, 2.75) is 64.6 Å². The van der Waals surface area contributed by atoms with Crippen LogP contribution in [-0.2, 0) is 26.2 Å². The van der Waals surface area contributed by atoms with Crippen LogP contribution in [0.2, 0.25) is 0 Å². The lowest BCUT2D eigenvalue weighted by molar-refractivity contribution is -0.140. The van der Waals surface area contributed by atoms with E-state index in [0.717, 1.165) is 51.8 Å². The molecule has 0 bridgehead atoms. The van der Waals surface area contributed by atoms with Crippen LogP contribution in [0.1, 0.15) is 50.2 Å². The quantitative estimate of drug-likeness (QED) is 0.464. The van der Waals surface area contributed by atoms with Crippen molar-refractivity contribution in [2.24, 2.45) is 0 Å². The SMILES string of the molecule is CCC(C(=O)NC1CCCC1)N(Cc1ccc(C)cc1)C(=O)CN(c1ccc(Br)cc1)S(C)(=O)=O. The highest BCUT2D eigenvalue weighted by atomic mass is 79.9. The fraction of sp³-hybridized carbons (Fsp3) is 0.462. The van der Waals surface area contributed by atoms with Gasteiger partial charge in [-0.3, -0.25) is 13.9 Å². The van der Waals surface area contributed by atoms with E-state index in [-0.39, 0.29) is 25.0 Å². The number of nitrogens with zero attached hydrogens (tertiary/aromatic N) is 2. The molecule has 7 nitrogen and oxygen atoms in total. The van der Waals surface area contributed by atoms with Crippen LogP contribution in [-0.4, -0.2) is 50.0 Å². The number of sulfonamides is 1. The van der Waals surface area contributed by atoms with Crippen molar-refractivity contribution in [1.29, 1.82) is 0 Å². The molecule has 0 radical (unpaired) electrons. The third kappa shape index (κ3) is 7.54. The van der Waals surface area contributed by atoms with Crippen molar-refractivity contribution in [3.63, 3.8) is 0 Å². The normalized spacial score (nSPS) is 15.0. The van der Waals surface area contributed by atoms with Crippen LogP contribution < -0.4 is 9.62 Å². The van der Waals surface area contributed by atoms with Crippen molar-refractivity contribution < 1.29 is 18.0 Å². The first-order valence-corrected chi connectivity index (χ1v) is 14.6. The molecule has 9 heteroatoms. The summed E-state index contributed by atoms with van der Waals surface area (Å²) < 4.78 is 27.2. The first kappa shape index (κ1) is 27.2. The van der Waals surface area contributed by atoms with Gasteiger partial charge in [0.1, 0.15) is 12.6 Å². The minimum absolute atomic E-state index is 0.128. The number of halogens is 1. The number of hydrogen-bond donors (Lipinski definition) is 1. The summed E-state index contributed by atoms with van der Waals surface area (Å²) in [6.07, 6.45) is 5.57. The number of benzene rings is 2. The highest BCUT2D eigenvalue weighted by Gasteiger charge is 2.33. The lowest BCUT2D eigenvalue weighted by atomic mass is 10.1. The fourth-order valence-electron chi connectivity index (χ4n) is 4.40. The predicted octanol–water partition coefficient (Wildman–Crippen LogP) is 4.39. The van der Waals surface area contributed by atoms with Crippen LogP contribution in [0.25, 0.3) is 0 Å². The molecule has 1 fully saturated rings. The molecule has 0 aliphatic heterocycles. The van der Waals surface area contributed by atoms with Gasteiger partial charge in [-0.1, -0.05) is 65.5 Å². The van der Waals surface area contributed by atoms with Gasteiger partial charge < -0.3 is 10.2 Å². The van der Waals surface area contributed by atoms with Gasteiger partial charge >= 0.3 is 0 Å². The number of anilines is 1. The molecule has 0 spiro atoms. The Bertz CT molecular complexity index is 1110. The summed E-state index contributed by atoms with van der Waals surface area (Å²) in [6.45, 7) is 3.68. The predicted molar refractivity (Wildman–Crippen MR) is 143 cm³/mol. The minimum Gasteiger partial charge on any atom is -0.352 e. The zero-order valence-corrected chi connectivity index (χ0v) is 22.9. The van der Waals surface area contributed by atoms with Crippen LogP contribution in [0, 0.1) is 6.92 Å². The molecule has 190 valence electrons. The summed E-state index contributed by atoms with van der Waals surface area (Å²) in [6, 6.07) is 14.0. The second-order valence-electron chi connectivity index (χ2n) is 9.17. The smallest absolute Gasteiger partial charge is 0.244 e. The molecule has 1 saturated carbocycles. The molecule has 1 N–H and O–H groups in total. The molecule has 0 saturated heterocycles. The molecule has 0 aromatic heterocycles. The van der Waals surface area contributed by atoms with Crippen LogP contribution in [0.3, 0.4) is 0 Å². The second kappa shape index (κ2) is 12.0. The van der Waals surface area contributed by atoms with E-state index in [1.165, 1.54) is 4.90 Å². The van der Waals surface area contributed by atoms with Gasteiger partial charge in [0, 0.05) is 17.1 Å². The summed E-state index contributed by atoms with van der Waals surface area (Å²) in [4.78, 5) is 28.5. The number of amides is 2. The van der Waals surface area contributed by atoms with E-state index in [4.69, 9.17) is 0 Å². The summed E-state index contributed by atoms with van der Waals surface area (Å²) in [5, 5.41) is 3.11. The molecule has 2 aromatic carbocycles. The average Bonchev–Trinajstić information content (AvgIpc) is 3.31. The van der Waals surface area contributed by atoms with Crippen LogP contribution in [0.5, 0.6) is 0 Å². The molecule has 2 amide bonds. The maximum atomic E-state index is 13.7. The number of rotatable bonds is 10. The van der Waals surface area contributed by atoms with Gasteiger partial charge in [0.2, 0.25) is 21.8 Å². The zero-order valence-electron chi connectivity index (χ0n) is 20.5. The van der Waals surface area contributed by atoms with E-state index in [1.54, 1.807) is 24.3 Å². The highest BCUT2D eigenvalue weighted by Crippen LogP contribution is 2.23. The van der Waals surface area contributed by atoms with Gasteiger partial charge in [-0.15, -0.1) is 0 Å². The monoisotopic (exact) mass is 563 g/mol. The number of hydrogen-bond acceptors (Lipinski definition) is 4. The Morgan fingerprint density at radius 1 is 1.06 bits per heavy atom. The molecule has 2 aromatic rings. The van der Waals surface area contributed by atoms with Gasteiger partial charge in [0.15, 0.2) is 0 Å². The van der Waals surface area contributed by atoms with Gasteiger partial charge in [-0.25, -0.2) is 8.42 Å². The number of carbonyl (C=O) groups excluding carboxylic acids is 2. The van der Waals surface area contributed by atoms with E-state index in [1.807, 2.05) is 38.1 Å². The lowest BCUT2D eigenvalue weighted by Gasteiger charge is -2.33. The zero-order chi connectivity index (χ0) is 25.6. The Morgan fingerprint density at radius 2 is 1.66 bits per heavy atom. The third-order valence-corrected chi connectivity index (χ3v) is 8.02. The van der Waals surface area contributed by atoms with Crippen LogP contribution in [0.15, 0.2) is 53.0 Å². The fourth-order valence-corrected chi connectivity index (χ4v) is 5.51. The maximum Gasteiger partial charge on any atom is 0.244 e. The van der Waals surface area contributed by atoms with Crippen LogP contribution >= 0.6 is 15.9 Å². The largest absolute Gasteiger partial charge is 0.352 e. The summed E-state index contributed by atoms with van der Waals surface area (Å²) in [7, 11) is -3.74. The molecule has 0 heterocycles. The number of nitrogens with one attached hydrogen (secondary N) is 1.